The van der Waals surface area contributed by atoms with Gasteiger partial charge in [0, 0.05) is 0 Å². The minimum atomic E-state index is -1.35. The number of halogens is 1. The van der Waals surface area contributed by atoms with Crippen molar-refractivity contribution in [2.75, 3.05) is 13.2 Å². The Balaban J connectivity index is 1.72. The highest BCUT2D eigenvalue weighted by atomic mass is 127. The molecule has 3 fully saturated rings. The number of alkyl halides is 1. The number of aliphatic hydroxyl groups excluding tert-OH is 3. The summed E-state index contributed by atoms with van der Waals surface area (Å²) in [6.07, 6.45) is -6.23. The van der Waals surface area contributed by atoms with E-state index in [1.807, 2.05) is 20.8 Å². The Hall–Kier alpha value is 0.290. The van der Waals surface area contributed by atoms with Crippen molar-refractivity contribution in [3.05, 3.63) is 0 Å². The van der Waals surface area contributed by atoms with E-state index in [4.69, 9.17) is 39.9 Å². The van der Waals surface area contributed by atoms with E-state index in [1.165, 1.54) is 0 Å². The van der Waals surface area contributed by atoms with Crippen LogP contribution in [-0.2, 0) is 28.4 Å². The van der Waals surface area contributed by atoms with Gasteiger partial charge in [0.1, 0.15) is 54.2 Å². The Kier molecular flexibility index (Phi) is 9.40. The summed E-state index contributed by atoms with van der Waals surface area (Å²) in [5, 5.41) is 31.2. The average Bonchev–Trinajstić information content (AvgIpc) is 3.11. The van der Waals surface area contributed by atoms with Gasteiger partial charge in [-0.1, -0.05) is 43.4 Å². The number of hydrogen-bond acceptors (Lipinski definition) is 11. The summed E-state index contributed by atoms with van der Waals surface area (Å²) in [6.45, 7) is 7.21. The fourth-order valence-electron chi connectivity index (χ4n) is 4.16. The van der Waals surface area contributed by atoms with Gasteiger partial charge < -0.3 is 55.2 Å². The van der Waals surface area contributed by atoms with Crippen LogP contribution in [0.25, 0.3) is 0 Å². The maximum Gasteiger partial charge on any atom is 0.187 e. The molecule has 12 heteroatoms. The average molecular weight is 590 g/mol. The van der Waals surface area contributed by atoms with Crippen molar-refractivity contribution in [1.29, 1.82) is 0 Å². The molecule has 33 heavy (non-hydrogen) atoms. The van der Waals surface area contributed by atoms with Gasteiger partial charge in [-0.15, -0.1) is 0 Å². The molecule has 11 unspecified atom stereocenters. The van der Waals surface area contributed by atoms with Crippen LogP contribution in [-0.4, -0.2) is 99.2 Å². The van der Waals surface area contributed by atoms with Crippen LogP contribution in [0, 0.1) is 0 Å². The first kappa shape index (κ1) is 27.9. The second-order valence-corrected chi connectivity index (χ2v) is 10.7. The summed E-state index contributed by atoms with van der Waals surface area (Å²) in [7, 11) is 0. The van der Waals surface area contributed by atoms with Gasteiger partial charge in [0.15, 0.2) is 12.6 Å². The summed E-state index contributed by atoms with van der Waals surface area (Å²) >= 11 is 2.20. The molecule has 11 atom stereocenters. The molecule has 2 bridgehead atoms. The van der Waals surface area contributed by atoms with Crippen LogP contribution in [0.15, 0.2) is 0 Å². The number of hydrogen-bond donors (Lipinski definition) is 5. The van der Waals surface area contributed by atoms with Crippen molar-refractivity contribution in [2.45, 2.75) is 118 Å². The zero-order chi connectivity index (χ0) is 24.6. The molecule has 3 saturated heterocycles. The van der Waals surface area contributed by atoms with Crippen LogP contribution < -0.4 is 11.5 Å². The maximum atomic E-state index is 10.9. The van der Waals surface area contributed by atoms with Crippen LogP contribution in [0.3, 0.4) is 0 Å². The summed E-state index contributed by atoms with van der Waals surface area (Å²) in [5.74, 6) is 0. The van der Waals surface area contributed by atoms with Crippen molar-refractivity contribution in [3.8, 4) is 0 Å². The lowest BCUT2D eigenvalue weighted by Gasteiger charge is -2.46. The van der Waals surface area contributed by atoms with E-state index in [2.05, 4.69) is 22.6 Å². The van der Waals surface area contributed by atoms with E-state index in [0.29, 0.717) is 19.3 Å². The highest BCUT2D eigenvalue weighted by Crippen LogP contribution is 2.39. The largest absolute Gasteiger partial charge is 0.394 e. The Morgan fingerprint density at radius 3 is 2.21 bits per heavy atom. The first-order valence-corrected chi connectivity index (χ1v) is 12.9. The van der Waals surface area contributed by atoms with E-state index < -0.39 is 73.4 Å². The van der Waals surface area contributed by atoms with Crippen molar-refractivity contribution in [2.24, 2.45) is 11.5 Å². The van der Waals surface area contributed by atoms with Crippen LogP contribution in [0.2, 0.25) is 0 Å². The molecule has 0 aromatic heterocycles. The lowest BCUT2D eigenvalue weighted by atomic mass is 9.97. The summed E-state index contributed by atoms with van der Waals surface area (Å²) < 4.78 is 35.5. The Morgan fingerprint density at radius 2 is 1.64 bits per heavy atom. The van der Waals surface area contributed by atoms with Gasteiger partial charge >= 0.3 is 0 Å². The molecule has 3 heterocycles. The zero-order valence-corrected chi connectivity index (χ0v) is 21.8. The minimum Gasteiger partial charge on any atom is -0.394 e. The second-order valence-electron chi connectivity index (χ2n) is 9.23. The number of ether oxygens (including phenoxy) is 6. The molecule has 0 radical (unpaired) electrons. The van der Waals surface area contributed by atoms with Gasteiger partial charge in [-0.25, -0.2) is 0 Å². The molecule has 3 rings (SSSR count). The SMILES string of the molecule is CCC(C)(N)OC1C(O)C(CO)OC(OC2C3COC2C(I)C(OC(N)(CC)CC)O3)C1O. The molecule has 7 N–H and O–H groups in total. The van der Waals surface area contributed by atoms with E-state index in [1.54, 1.807) is 6.92 Å². The predicted molar refractivity (Wildman–Crippen MR) is 125 cm³/mol. The summed E-state index contributed by atoms with van der Waals surface area (Å²) in [4.78, 5) is 0. The van der Waals surface area contributed by atoms with Crippen LogP contribution >= 0.6 is 22.6 Å². The van der Waals surface area contributed by atoms with Gasteiger partial charge in [0.25, 0.3) is 0 Å². The molecule has 0 spiro atoms. The highest BCUT2D eigenvalue weighted by molar-refractivity contribution is 14.1. The van der Waals surface area contributed by atoms with E-state index in [-0.39, 0.29) is 10.5 Å². The number of aliphatic hydroxyl groups is 3. The van der Waals surface area contributed by atoms with Crippen LogP contribution in [0.1, 0.15) is 47.0 Å². The minimum absolute atomic E-state index is 0.230. The van der Waals surface area contributed by atoms with Crippen molar-refractivity contribution >= 4 is 22.6 Å². The lowest BCUT2D eigenvalue weighted by molar-refractivity contribution is -0.344. The molecule has 194 valence electrons. The first-order chi connectivity index (χ1) is 15.5. The number of rotatable bonds is 10. The van der Waals surface area contributed by atoms with Gasteiger partial charge in [-0.05, 0) is 26.2 Å². The van der Waals surface area contributed by atoms with Crippen molar-refractivity contribution < 1.29 is 43.7 Å². The maximum absolute atomic E-state index is 10.9. The van der Waals surface area contributed by atoms with Gasteiger partial charge in [-0.3, -0.25) is 0 Å². The Bertz CT molecular complexity index is 641. The molecule has 3 aliphatic heterocycles. The van der Waals surface area contributed by atoms with Crippen LogP contribution in [0.5, 0.6) is 0 Å². The smallest absolute Gasteiger partial charge is 0.187 e. The predicted octanol–water partition coefficient (Wildman–Crippen LogP) is -0.300. The van der Waals surface area contributed by atoms with E-state index in [0.717, 1.165) is 0 Å². The lowest BCUT2D eigenvalue weighted by Crippen LogP contribution is -2.64. The van der Waals surface area contributed by atoms with Gasteiger partial charge in [-0.2, -0.15) is 0 Å². The van der Waals surface area contributed by atoms with E-state index >= 15 is 0 Å². The molecule has 0 amide bonds. The number of nitrogens with two attached hydrogens (primary N) is 2. The molecule has 11 nitrogen and oxygen atoms in total. The fraction of sp³-hybridized carbons (Fsp3) is 1.00. The molecule has 0 aromatic carbocycles. The van der Waals surface area contributed by atoms with Crippen molar-refractivity contribution in [1.82, 2.24) is 0 Å². The molecule has 0 aliphatic carbocycles. The van der Waals surface area contributed by atoms with Gasteiger partial charge in [0.05, 0.1) is 17.1 Å². The normalized spacial score (nSPS) is 43.5. The Morgan fingerprint density at radius 1 is 0.970 bits per heavy atom. The number of fused-ring (bicyclic) bond motifs is 2. The molecule has 0 saturated carbocycles. The van der Waals surface area contributed by atoms with Crippen LogP contribution in [0.4, 0.5) is 0 Å². The molecular weight excluding hydrogens is 551 g/mol. The fourth-order valence-corrected chi connectivity index (χ4v) is 5.09. The topological polar surface area (TPSA) is 168 Å². The van der Waals surface area contributed by atoms with E-state index in [9.17, 15) is 15.3 Å². The van der Waals surface area contributed by atoms with Gasteiger partial charge in [0.2, 0.25) is 0 Å². The standard InChI is InChI=1S/C21H39IN2O9/c1-5-20(4,23)32-17-13(26)10(8-25)29-19(14(17)27)31-15-11-9-28-16(15)12(22)18(30-11)33-21(24,6-2)7-3/h10-19,25-27H,5-9,23-24H2,1-4H3. The summed E-state index contributed by atoms with van der Waals surface area (Å²) in [5.41, 5.74) is 10.5. The third-order valence-corrected chi connectivity index (χ3v) is 8.09. The quantitative estimate of drug-likeness (QED) is 0.129. The van der Waals surface area contributed by atoms with Crippen molar-refractivity contribution in [3.63, 3.8) is 0 Å². The monoisotopic (exact) mass is 590 g/mol. The highest BCUT2D eigenvalue weighted by Gasteiger charge is 2.56. The second kappa shape index (κ2) is 11.1. The summed E-state index contributed by atoms with van der Waals surface area (Å²) in [6, 6.07) is 0. The molecule has 0 aromatic rings. The molecule has 3 aliphatic rings. The third kappa shape index (κ3) is 6.00. The first-order valence-electron chi connectivity index (χ1n) is 11.6. The third-order valence-electron chi connectivity index (χ3n) is 6.79. The Labute approximate surface area is 208 Å². The molecular formula is C21H39IN2O9. The zero-order valence-electron chi connectivity index (χ0n) is 19.6.